The van der Waals surface area contributed by atoms with Crippen LogP contribution in [0.5, 0.6) is 0 Å². The van der Waals surface area contributed by atoms with E-state index in [0.29, 0.717) is 0 Å². The molecular formula is C18H19F3N2O. The number of nitrogens with one attached hydrogen (secondary N) is 2. The molecule has 0 spiro atoms. The van der Waals surface area contributed by atoms with Crippen molar-refractivity contribution in [2.75, 3.05) is 5.32 Å². The normalized spacial score (nSPS) is 12.5. The van der Waals surface area contributed by atoms with Gasteiger partial charge in [0.1, 0.15) is 0 Å². The SMILES string of the molecule is C[C@@H](CCc1ccccc1)NC(=O)Nc1cccc(C(F)(F)F)c1. The maximum Gasteiger partial charge on any atom is 0.416 e. The number of hydrogen-bond donors (Lipinski definition) is 2. The highest BCUT2D eigenvalue weighted by Crippen LogP contribution is 2.30. The van der Waals surface area contributed by atoms with Crippen molar-refractivity contribution >= 4 is 11.7 Å². The molecule has 6 heteroatoms. The molecule has 0 radical (unpaired) electrons. The Kier molecular flexibility index (Phi) is 5.84. The molecule has 0 heterocycles. The van der Waals surface area contributed by atoms with E-state index < -0.39 is 17.8 Å². The minimum absolute atomic E-state index is 0.101. The lowest BCUT2D eigenvalue weighted by Gasteiger charge is -2.15. The van der Waals surface area contributed by atoms with Gasteiger partial charge in [0.05, 0.1) is 5.56 Å². The summed E-state index contributed by atoms with van der Waals surface area (Å²) < 4.78 is 37.9. The lowest BCUT2D eigenvalue weighted by atomic mass is 10.1. The fourth-order valence-electron chi connectivity index (χ4n) is 2.26. The van der Waals surface area contributed by atoms with Gasteiger partial charge in [-0.3, -0.25) is 0 Å². The number of urea groups is 1. The Bertz CT molecular complexity index is 671. The molecule has 0 saturated carbocycles. The van der Waals surface area contributed by atoms with E-state index in [4.69, 9.17) is 0 Å². The van der Waals surface area contributed by atoms with Crippen molar-refractivity contribution in [3.63, 3.8) is 0 Å². The van der Waals surface area contributed by atoms with Crippen molar-refractivity contribution in [2.24, 2.45) is 0 Å². The summed E-state index contributed by atoms with van der Waals surface area (Å²) >= 11 is 0. The molecule has 2 amide bonds. The molecule has 0 bridgehead atoms. The molecule has 0 aromatic heterocycles. The summed E-state index contributed by atoms with van der Waals surface area (Å²) in [5, 5.41) is 5.16. The van der Waals surface area contributed by atoms with Gasteiger partial charge in [-0.2, -0.15) is 13.2 Å². The standard InChI is InChI=1S/C18H19F3N2O/c1-13(10-11-14-6-3-2-4-7-14)22-17(24)23-16-9-5-8-15(12-16)18(19,20)21/h2-9,12-13H,10-11H2,1H3,(H2,22,23,24)/t13-/m0/s1. The zero-order chi connectivity index (χ0) is 17.6. The van der Waals surface area contributed by atoms with Crippen molar-refractivity contribution in [3.8, 4) is 0 Å². The monoisotopic (exact) mass is 336 g/mol. The second-order valence-electron chi connectivity index (χ2n) is 5.60. The van der Waals surface area contributed by atoms with Gasteiger partial charge in [0.25, 0.3) is 0 Å². The molecule has 0 aliphatic heterocycles. The Morgan fingerprint density at radius 2 is 1.79 bits per heavy atom. The molecule has 3 nitrogen and oxygen atoms in total. The molecule has 0 fully saturated rings. The van der Waals surface area contributed by atoms with Crippen LogP contribution < -0.4 is 10.6 Å². The number of carbonyl (C=O) groups is 1. The summed E-state index contributed by atoms with van der Waals surface area (Å²) in [6.45, 7) is 1.86. The number of amides is 2. The lowest BCUT2D eigenvalue weighted by molar-refractivity contribution is -0.137. The quantitative estimate of drug-likeness (QED) is 0.805. The molecule has 0 saturated heterocycles. The smallest absolute Gasteiger partial charge is 0.335 e. The van der Waals surface area contributed by atoms with Gasteiger partial charge in [-0.1, -0.05) is 36.4 Å². The maximum atomic E-state index is 12.6. The molecule has 1 atom stereocenters. The molecule has 24 heavy (non-hydrogen) atoms. The van der Waals surface area contributed by atoms with E-state index in [0.717, 1.165) is 25.0 Å². The fraction of sp³-hybridized carbons (Fsp3) is 0.278. The molecule has 0 unspecified atom stereocenters. The summed E-state index contributed by atoms with van der Waals surface area (Å²) in [6.07, 6.45) is -2.89. The van der Waals surface area contributed by atoms with Crippen LogP contribution in [-0.2, 0) is 12.6 Å². The van der Waals surface area contributed by atoms with E-state index in [1.165, 1.54) is 17.7 Å². The summed E-state index contributed by atoms with van der Waals surface area (Å²) in [6, 6.07) is 13.8. The first-order chi connectivity index (χ1) is 11.3. The van der Waals surface area contributed by atoms with Gasteiger partial charge in [0.15, 0.2) is 0 Å². The van der Waals surface area contributed by atoms with E-state index >= 15 is 0 Å². The van der Waals surface area contributed by atoms with E-state index in [-0.39, 0.29) is 11.7 Å². The van der Waals surface area contributed by atoms with Gasteiger partial charge < -0.3 is 10.6 Å². The zero-order valence-electron chi connectivity index (χ0n) is 13.2. The Balaban J connectivity index is 1.84. The molecule has 0 aliphatic rings. The number of benzene rings is 2. The van der Waals surface area contributed by atoms with Crippen LogP contribution in [0.2, 0.25) is 0 Å². The van der Waals surface area contributed by atoms with Crippen molar-refractivity contribution < 1.29 is 18.0 Å². The topological polar surface area (TPSA) is 41.1 Å². The minimum Gasteiger partial charge on any atom is -0.335 e. The molecule has 0 aliphatic carbocycles. The van der Waals surface area contributed by atoms with E-state index in [1.54, 1.807) is 0 Å². The maximum absolute atomic E-state index is 12.6. The molecule has 2 N–H and O–H groups in total. The largest absolute Gasteiger partial charge is 0.416 e. The number of alkyl halides is 3. The first-order valence-corrected chi connectivity index (χ1v) is 7.63. The summed E-state index contributed by atoms with van der Waals surface area (Å²) in [5.41, 5.74) is 0.486. The number of aryl methyl sites for hydroxylation is 1. The number of hydrogen-bond acceptors (Lipinski definition) is 1. The van der Waals surface area contributed by atoms with Crippen LogP contribution in [0.15, 0.2) is 54.6 Å². The van der Waals surface area contributed by atoms with Crippen LogP contribution >= 0.6 is 0 Å². The predicted molar refractivity (Wildman–Crippen MR) is 87.8 cm³/mol. The number of carbonyl (C=O) groups excluding carboxylic acids is 1. The summed E-state index contributed by atoms with van der Waals surface area (Å²) in [5.74, 6) is 0. The predicted octanol–water partition coefficient (Wildman–Crippen LogP) is 4.85. The highest BCUT2D eigenvalue weighted by Gasteiger charge is 2.30. The zero-order valence-corrected chi connectivity index (χ0v) is 13.2. The second-order valence-corrected chi connectivity index (χ2v) is 5.60. The molecular weight excluding hydrogens is 317 g/mol. The van der Waals surface area contributed by atoms with Crippen LogP contribution in [0.3, 0.4) is 0 Å². The van der Waals surface area contributed by atoms with Crippen LogP contribution in [0.1, 0.15) is 24.5 Å². The Hall–Kier alpha value is -2.50. The first-order valence-electron chi connectivity index (χ1n) is 7.63. The Labute approximate surface area is 138 Å². The van der Waals surface area contributed by atoms with E-state index in [1.807, 2.05) is 37.3 Å². The highest BCUT2D eigenvalue weighted by atomic mass is 19.4. The first kappa shape index (κ1) is 17.8. The number of halogens is 3. The van der Waals surface area contributed by atoms with Gasteiger partial charge >= 0.3 is 12.2 Å². The average Bonchev–Trinajstić information content (AvgIpc) is 2.53. The van der Waals surface area contributed by atoms with E-state index in [2.05, 4.69) is 10.6 Å². The van der Waals surface area contributed by atoms with Crippen molar-refractivity contribution in [2.45, 2.75) is 32.0 Å². The third kappa shape index (κ3) is 5.61. The Morgan fingerprint density at radius 3 is 2.46 bits per heavy atom. The third-order valence-electron chi connectivity index (χ3n) is 3.53. The Morgan fingerprint density at radius 1 is 1.08 bits per heavy atom. The lowest BCUT2D eigenvalue weighted by Crippen LogP contribution is -2.36. The second kappa shape index (κ2) is 7.86. The minimum atomic E-state index is -4.43. The summed E-state index contributed by atoms with van der Waals surface area (Å²) in [4.78, 5) is 11.9. The van der Waals surface area contributed by atoms with Crippen molar-refractivity contribution in [1.82, 2.24) is 5.32 Å². The van der Waals surface area contributed by atoms with E-state index in [9.17, 15) is 18.0 Å². The van der Waals surface area contributed by atoms with Crippen molar-refractivity contribution in [3.05, 3.63) is 65.7 Å². The average molecular weight is 336 g/mol. The molecule has 128 valence electrons. The number of anilines is 1. The summed E-state index contributed by atoms with van der Waals surface area (Å²) in [7, 11) is 0. The van der Waals surface area contributed by atoms with Gasteiger partial charge in [0, 0.05) is 11.7 Å². The highest BCUT2D eigenvalue weighted by molar-refractivity contribution is 5.89. The van der Waals surface area contributed by atoms with Gasteiger partial charge in [-0.15, -0.1) is 0 Å². The molecule has 2 rings (SSSR count). The van der Waals surface area contributed by atoms with Crippen LogP contribution in [0.25, 0.3) is 0 Å². The van der Waals surface area contributed by atoms with Gasteiger partial charge in [-0.25, -0.2) is 4.79 Å². The van der Waals surface area contributed by atoms with Crippen LogP contribution in [0, 0.1) is 0 Å². The fourth-order valence-corrected chi connectivity index (χ4v) is 2.26. The third-order valence-corrected chi connectivity index (χ3v) is 3.53. The van der Waals surface area contributed by atoms with Gasteiger partial charge in [0.2, 0.25) is 0 Å². The van der Waals surface area contributed by atoms with Crippen molar-refractivity contribution in [1.29, 1.82) is 0 Å². The van der Waals surface area contributed by atoms with Gasteiger partial charge in [-0.05, 0) is 43.5 Å². The molecule has 2 aromatic carbocycles. The van der Waals surface area contributed by atoms with Crippen LogP contribution in [0.4, 0.5) is 23.7 Å². The molecule has 2 aromatic rings. The van der Waals surface area contributed by atoms with Crippen LogP contribution in [-0.4, -0.2) is 12.1 Å². The number of rotatable bonds is 5.